The van der Waals surface area contributed by atoms with Crippen molar-refractivity contribution in [2.24, 2.45) is 5.92 Å². The normalized spacial score (nSPS) is 36.0. The first-order valence-corrected chi connectivity index (χ1v) is 8.69. The molecule has 0 saturated carbocycles. The molecule has 1 aromatic carbocycles. The van der Waals surface area contributed by atoms with Gasteiger partial charge >= 0.3 is 0 Å². The summed E-state index contributed by atoms with van der Waals surface area (Å²) in [7, 11) is 3.60. The molecule has 3 aliphatic heterocycles. The van der Waals surface area contributed by atoms with Gasteiger partial charge in [0.1, 0.15) is 12.0 Å². The highest BCUT2D eigenvalue weighted by Gasteiger charge is 2.61. The summed E-state index contributed by atoms with van der Waals surface area (Å²) in [5, 5.41) is 21.6. The van der Waals surface area contributed by atoms with Gasteiger partial charge in [-0.05, 0) is 31.5 Å². The number of ether oxygens (including phenoxy) is 1. The average molecular weight is 330 g/mol. The van der Waals surface area contributed by atoms with Crippen LogP contribution in [0.5, 0.6) is 5.75 Å². The van der Waals surface area contributed by atoms with Gasteiger partial charge in [-0.1, -0.05) is 18.2 Å². The van der Waals surface area contributed by atoms with Crippen molar-refractivity contribution in [3.8, 4) is 5.75 Å². The molecule has 3 aliphatic rings. The molecule has 24 heavy (non-hydrogen) atoms. The zero-order valence-electron chi connectivity index (χ0n) is 14.5. The highest BCUT2D eigenvalue weighted by Crippen LogP contribution is 2.55. The summed E-state index contributed by atoms with van der Waals surface area (Å²) in [5.41, 5.74) is 1.83. The second-order valence-corrected chi connectivity index (χ2v) is 7.34. The maximum absolute atomic E-state index is 11.2. The van der Waals surface area contributed by atoms with Crippen molar-refractivity contribution in [3.05, 3.63) is 35.9 Å². The van der Waals surface area contributed by atoms with Crippen molar-refractivity contribution in [2.45, 2.75) is 37.1 Å². The van der Waals surface area contributed by atoms with Gasteiger partial charge in [-0.2, -0.15) is 0 Å². The number of fused-ring (bicyclic) bond motifs is 4. The number of methoxy groups -OCH3 is 1. The summed E-state index contributed by atoms with van der Waals surface area (Å²) in [5.74, 6) is 0.827. The highest BCUT2D eigenvalue weighted by molar-refractivity contribution is 5.67. The minimum Gasteiger partial charge on any atom is -0.497 e. The zero-order chi connectivity index (χ0) is 17.1. The van der Waals surface area contributed by atoms with Gasteiger partial charge in [0.25, 0.3) is 0 Å². The molecule has 3 heterocycles. The van der Waals surface area contributed by atoms with Crippen LogP contribution in [0.15, 0.2) is 30.4 Å². The number of aliphatic hydroxyl groups is 2. The predicted octanol–water partition coefficient (Wildman–Crippen LogP) is 1.34. The molecule has 1 saturated heterocycles. The van der Waals surface area contributed by atoms with Crippen LogP contribution in [0.4, 0.5) is 5.69 Å². The Morgan fingerprint density at radius 1 is 1.38 bits per heavy atom. The third kappa shape index (κ3) is 1.92. The van der Waals surface area contributed by atoms with Gasteiger partial charge in [0.05, 0.1) is 18.6 Å². The third-order valence-electron chi connectivity index (χ3n) is 6.27. The Morgan fingerprint density at radius 3 is 2.88 bits per heavy atom. The lowest BCUT2D eigenvalue weighted by Gasteiger charge is -2.44. The van der Waals surface area contributed by atoms with Crippen LogP contribution in [0.1, 0.15) is 18.9 Å². The van der Waals surface area contributed by atoms with Crippen molar-refractivity contribution in [2.75, 3.05) is 32.1 Å². The van der Waals surface area contributed by atoms with E-state index in [9.17, 15) is 10.2 Å². The van der Waals surface area contributed by atoms with Crippen molar-refractivity contribution >= 4 is 5.69 Å². The Hall–Kier alpha value is -1.56. The average Bonchev–Trinajstić information content (AvgIpc) is 3.08. The Morgan fingerprint density at radius 2 is 2.17 bits per heavy atom. The monoisotopic (exact) mass is 330 g/mol. The van der Waals surface area contributed by atoms with E-state index in [-0.39, 0.29) is 17.4 Å². The smallest absolute Gasteiger partial charge is 0.138 e. The van der Waals surface area contributed by atoms with Crippen LogP contribution in [0.3, 0.4) is 0 Å². The molecule has 0 radical (unpaired) electrons. The summed E-state index contributed by atoms with van der Waals surface area (Å²) >= 11 is 0. The molecule has 5 unspecified atom stereocenters. The molecule has 0 aliphatic carbocycles. The van der Waals surface area contributed by atoms with Gasteiger partial charge in [0.15, 0.2) is 0 Å². The van der Waals surface area contributed by atoms with Crippen molar-refractivity contribution in [1.82, 2.24) is 4.90 Å². The lowest BCUT2D eigenvalue weighted by molar-refractivity contribution is 0.0150. The molecule has 1 fully saturated rings. The van der Waals surface area contributed by atoms with Gasteiger partial charge in [0.2, 0.25) is 0 Å². The second kappa shape index (κ2) is 5.48. The fourth-order valence-electron chi connectivity index (χ4n) is 5.13. The SMILES string of the molecule is COc1ccc2c(c1)N(C)C(O)C21CCN2CC=CC(C(C)O)C21. The van der Waals surface area contributed by atoms with Gasteiger partial charge in [-0.3, -0.25) is 4.90 Å². The topological polar surface area (TPSA) is 56.2 Å². The van der Waals surface area contributed by atoms with Gasteiger partial charge in [0, 0.05) is 37.3 Å². The Kier molecular flexibility index (Phi) is 3.64. The van der Waals surface area contributed by atoms with E-state index < -0.39 is 12.3 Å². The first-order chi connectivity index (χ1) is 11.5. The zero-order valence-corrected chi connectivity index (χ0v) is 14.5. The lowest BCUT2D eigenvalue weighted by Crippen LogP contribution is -2.57. The number of hydrogen-bond acceptors (Lipinski definition) is 5. The molecular weight excluding hydrogens is 304 g/mol. The van der Waals surface area contributed by atoms with Crippen LogP contribution in [-0.4, -0.2) is 60.7 Å². The molecule has 5 heteroatoms. The van der Waals surface area contributed by atoms with E-state index in [4.69, 9.17) is 4.74 Å². The maximum atomic E-state index is 11.2. The van der Waals surface area contributed by atoms with Crippen LogP contribution >= 0.6 is 0 Å². The Balaban J connectivity index is 1.87. The van der Waals surface area contributed by atoms with Gasteiger partial charge in [-0.25, -0.2) is 0 Å². The summed E-state index contributed by atoms with van der Waals surface area (Å²) in [6, 6.07) is 6.19. The first kappa shape index (κ1) is 15.9. The van der Waals surface area contributed by atoms with Crippen LogP contribution in [0.25, 0.3) is 0 Å². The number of nitrogens with zero attached hydrogens (tertiary/aromatic N) is 2. The van der Waals surface area contributed by atoms with E-state index in [2.05, 4.69) is 23.1 Å². The molecule has 4 rings (SSSR count). The summed E-state index contributed by atoms with van der Waals surface area (Å²) < 4.78 is 5.37. The van der Waals surface area contributed by atoms with Gasteiger partial charge in [-0.15, -0.1) is 0 Å². The lowest BCUT2D eigenvalue weighted by atomic mass is 9.68. The van der Waals surface area contributed by atoms with Gasteiger partial charge < -0.3 is 19.8 Å². The predicted molar refractivity (Wildman–Crippen MR) is 93.4 cm³/mol. The number of hydrogen-bond donors (Lipinski definition) is 2. The Labute approximate surface area is 143 Å². The van der Waals surface area contributed by atoms with Crippen molar-refractivity contribution < 1.29 is 14.9 Å². The minimum absolute atomic E-state index is 0.0253. The van der Waals surface area contributed by atoms with E-state index in [1.54, 1.807) is 7.11 Å². The number of benzene rings is 1. The van der Waals surface area contributed by atoms with Crippen molar-refractivity contribution in [1.29, 1.82) is 0 Å². The molecule has 1 aromatic rings. The fraction of sp³-hybridized carbons (Fsp3) is 0.579. The molecule has 0 aromatic heterocycles. The maximum Gasteiger partial charge on any atom is 0.138 e. The molecule has 0 bridgehead atoms. The summed E-state index contributed by atoms with van der Waals surface area (Å²) in [6.45, 7) is 3.68. The molecule has 5 nitrogen and oxygen atoms in total. The largest absolute Gasteiger partial charge is 0.497 e. The molecule has 0 amide bonds. The van der Waals surface area contributed by atoms with Crippen LogP contribution in [-0.2, 0) is 5.41 Å². The Bertz CT molecular complexity index is 675. The van der Waals surface area contributed by atoms with Crippen LogP contribution in [0, 0.1) is 5.92 Å². The fourth-order valence-corrected chi connectivity index (χ4v) is 5.13. The first-order valence-electron chi connectivity index (χ1n) is 8.69. The summed E-state index contributed by atoms with van der Waals surface area (Å²) in [6.07, 6.45) is 4.14. The van der Waals surface area contributed by atoms with E-state index >= 15 is 0 Å². The highest BCUT2D eigenvalue weighted by atomic mass is 16.5. The minimum atomic E-state index is -0.595. The van der Waals surface area contributed by atoms with Crippen LogP contribution in [0.2, 0.25) is 0 Å². The third-order valence-corrected chi connectivity index (χ3v) is 6.27. The summed E-state index contributed by atoms with van der Waals surface area (Å²) in [4.78, 5) is 4.37. The molecule has 130 valence electrons. The van der Waals surface area contributed by atoms with E-state index in [1.165, 1.54) is 5.56 Å². The number of aliphatic hydroxyl groups excluding tert-OH is 2. The van der Waals surface area contributed by atoms with E-state index in [1.807, 2.05) is 31.0 Å². The van der Waals surface area contributed by atoms with Crippen molar-refractivity contribution in [3.63, 3.8) is 0 Å². The number of likely N-dealkylation sites (N-methyl/N-ethyl adjacent to an activating group) is 1. The van der Waals surface area contributed by atoms with Crippen LogP contribution < -0.4 is 9.64 Å². The second-order valence-electron chi connectivity index (χ2n) is 7.34. The standard InChI is InChI=1S/C19H26N2O3/c1-12(22)14-5-4-9-21-10-8-19(17(14)21)15-7-6-13(24-3)11-16(15)20(2)18(19)23/h4-7,11-12,14,17-18,22-23H,8-10H2,1-3H3. The van der Waals surface area contributed by atoms with E-state index in [0.29, 0.717) is 0 Å². The molecule has 5 atom stereocenters. The van der Waals surface area contributed by atoms with E-state index in [0.717, 1.165) is 30.9 Å². The quantitative estimate of drug-likeness (QED) is 0.802. The molecule has 2 N–H and O–H groups in total. The number of rotatable bonds is 2. The molecule has 1 spiro atoms. The number of anilines is 1. The molecular formula is C19H26N2O3.